The Morgan fingerprint density at radius 3 is 3.10 bits per heavy atom. The Balaban J connectivity index is 1.79. The summed E-state index contributed by atoms with van der Waals surface area (Å²) >= 11 is 6.01. The van der Waals surface area contributed by atoms with E-state index in [0.29, 0.717) is 13.2 Å². The maximum atomic E-state index is 6.01. The zero-order chi connectivity index (χ0) is 13.8. The van der Waals surface area contributed by atoms with Gasteiger partial charge < -0.3 is 9.64 Å². The number of hydrogen-bond donors (Lipinski definition) is 0. The van der Waals surface area contributed by atoms with Gasteiger partial charge in [0.05, 0.1) is 13.2 Å². The van der Waals surface area contributed by atoms with Crippen molar-refractivity contribution in [1.82, 2.24) is 20.2 Å². The summed E-state index contributed by atoms with van der Waals surface area (Å²) in [7, 11) is 0. The van der Waals surface area contributed by atoms with E-state index in [1.165, 1.54) is 0 Å². The fraction of sp³-hybridized carbons (Fsp3) is 0.462. The Kier molecular flexibility index (Phi) is 4.13. The SMILES string of the molecule is Clc1cccc(Cn2nnnc2N2CCCOCC2)c1. The molecule has 2 heterocycles. The van der Waals surface area contributed by atoms with Crippen LogP contribution in [0.15, 0.2) is 24.3 Å². The Morgan fingerprint density at radius 2 is 2.20 bits per heavy atom. The summed E-state index contributed by atoms with van der Waals surface area (Å²) < 4.78 is 7.26. The Labute approximate surface area is 122 Å². The highest BCUT2D eigenvalue weighted by atomic mass is 35.5. The highest BCUT2D eigenvalue weighted by Gasteiger charge is 2.17. The van der Waals surface area contributed by atoms with E-state index in [9.17, 15) is 0 Å². The standard InChI is InChI=1S/C13H16ClN5O/c14-12-4-1-3-11(9-12)10-19-13(15-16-17-19)18-5-2-7-20-8-6-18/h1,3-4,9H,2,5-8,10H2. The van der Waals surface area contributed by atoms with Crippen molar-refractivity contribution < 1.29 is 4.74 Å². The molecule has 7 heteroatoms. The van der Waals surface area contributed by atoms with Crippen LogP contribution in [0.25, 0.3) is 0 Å². The summed E-state index contributed by atoms with van der Waals surface area (Å²) in [6.45, 7) is 3.85. The second-order valence-corrected chi connectivity index (χ2v) is 5.16. The summed E-state index contributed by atoms with van der Waals surface area (Å²) in [6, 6.07) is 7.74. The number of ether oxygens (including phenoxy) is 1. The van der Waals surface area contributed by atoms with Crippen molar-refractivity contribution in [3.63, 3.8) is 0 Å². The summed E-state index contributed by atoms with van der Waals surface area (Å²) in [5, 5.41) is 12.7. The Hall–Kier alpha value is -1.66. The van der Waals surface area contributed by atoms with Gasteiger partial charge in [-0.2, -0.15) is 0 Å². The predicted molar refractivity (Wildman–Crippen MR) is 76.0 cm³/mol. The fourth-order valence-electron chi connectivity index (χ4n) is 2.28. The lowest BCUT2D eigenvalue weighted by Gasteiger charge is -2.19. The molecule has 0 spiro atoms. The van der Waals surface area contributed by atoms with Crippen molar-refractivity contribution >= 4 is 17.5 Å². The molecule has 3 rings (SSSR count). The third-order valence-corrected chi connectivity index (χ3v) is 3.47. The molecule has 0 aliphatic carbocycles. The highest BCUT2D eigenvalue weighted by molar-refractivity contribution is 6.30. The average Bonchev–Trinajstić information content (AvgIpc) is 2.73. The van der Waals surface area contributed by atoms with Gasteiger partial charge in [-0.25, -0.2) is 4.68 Å². The van der Waals surface area contributed by atoms with E-state index < -0.39 is 0 Å². The molecule has 106 valence electrons. The van der Waals surface area contributed by atoms with Crippen LogP contribution in [-0.2, 0) is 11.3 Å². The molecule has 0 saturated carbocycles. The lowest BCUT2D eigenvalue weighted by Crippen LogP contribution is -2.29. The molecule has 1 saturated heterocycles. The molecule has 1 aromatic carbocycles. The molecule has 2 aromatic rings. The van der Waals surface area contributed by atoms with Gasteiger partial charge in [0, 0.05) is 24.7 Å². The van der Waals surface area contributed by atoms with Gasteiger partial charge in [0.2, 0.25) is 5.95 Å². The number of halogens is 1. The minimum atomic E-state index is 0.611. The lowest BCUT2D eigenvalue weighted by molar-refractivity contribution is 0.152. The van der Waals surface area contributed by atoms with E-state index in [0.717, 1.165) is 42.7 Å². The van der Waals surface area contributed by atoms with E-state index in [4.69, 9.17) is 16.3 Å². The van der Waals surface area contributed by atoms with Gasteiger partial charge in [0.15, 0.2) is 0 Å². The molecular weight excluding hydrogens is 278 g/mol. The smallest absolute Gasteiger partial charge is 0.245 e. The van der Waals surface area contributed by atoms with Gasteiger partial charge in [0.1, 0.15) is 0 Å². The van der Waals surface area contributed by atoms with Gasteiger partial charge in [-0.1, -0.05) is 28.8 Å². The number of rotatable bonds is 3. The van der Waals surface area contributed by atoms with Crippen LogP contribution < -0.4 is 4.90 Å². The monoisotopic (exact) mass is 293 g/mol. The Morgan fingerprint density at radius 1 is 1.25 bits per heavy atom. The molecule has 0 bridgehead atoms. The number of nitrogens with zero attached hydrogens (tertiary/aromatic N) is 5. The molecular formula is C13H16ClN5O. The van der Waals surface area contributed by atoms with Gasteiger partial charge in [-0.3, -0.25) is 0 Å². The molecule has 1 aliphatic heterocycles. The van der Waals surface area contributed by atoms with Crippen LogP contribution in [0.1, 0.15) is 12.0 Å². The van der Waals surface area contributed by atoms with Crippen LogP contribution in [0, 0.1) is 0 Å². The molecule has 0 atom stereocenters. The number of aromatic nitrogens is 4. The van der Waals surface area contributed by atoms with Crippen LogP contribution in [0.5, 0.6) is 0 Å². The molecule has 0 radical (unpaired) electrons. The molecule has 20 heavy (non-hydrogen) atoms. The highest BCUT2D eigenvalue weighted by Crippen LogP contribution is 2.15. The van der Waals surface area contributed by atoms with Crippen LogP contribution in [0.3, 0.4) is 0 Å². The summed E-state index contributed by atoms with van der Waals surface area (Å²) in [5.74, 6) is 0.787. The van der Waals surface area contributed by atoms with Crippen molar-refractivity contribution in [3.05, 3.63) is 34.9 Å². The molecule has 6 nitrogen and oxygen atoms in total. The summed E-state index contributed by atoms with van der Waals surface area (Å²) in [4.78, 5) is 2.16. The molecule has 0 amide bonds. The van der Waals surface area contributed by atoms with Gasteiger partial charge >= 0.3 is 0 Å². The molecule has 1 aromatic heterocycles. The fourth-order valence-corrected chi connectivity index (χ4v) is 2.50. The van der Waals surface area contributed by atoms with E-state index >= 15 is 0 Å². The number of tetrazole rings is 1. The van der Waals surface area contributed by atoms with Gasteiger partial charge in [0.25, 0.3) is 0 Å². The number of benzene rings is 1. The van der Waals surface area contributed by atoms with E-state index in [1.54, 1.807) is 4.68 Å². The van der Waals surface area contributed by atoms with Crippen LogP contribution in [0.2, 0.25) is 5.02 Å². The molecule has 0 N–H and O–H groups in total. The first-order valence-corrected chi connectivity index (χ1v) is 7.04. The topological polar surface area (TPSA) is 56.1 Å². The zero-order valence-corrected chi connectivity index (χ0v) is 11.8. The third-order valence-electron chi connectivity index (χ3n) is 3.24. The normalized spacial score (nSPS) is 16.1. The number of anilines is 1. The first-order chi connectivity index (χ1) is 9.83. The van der Waals surface area contributed by atoms with E-state index in [2.05, 4.69) is 20.4 Å². The quantitative estimate of drug-likeness (QED) is 0.860. The molecule has 1 fully saturated rings. The van der Waals surface area contributed by atoms with Crippen LogP contribution in [-0.4, -0.2) is 46.5 Å². The first-order valence-electron chi connectivity index (χ1n) is 6.66. The van der Waals surface area contributed by atoms with Crippen molar-refractivity contribution in [2.75, 3.05) is 31.2 Å². The molecule has 0 unspecified atom stereocenters. The zero-order valence-electron chi connectivity index (χ0n) is 11.1. The number of hydrogen-bond acceptors (Lipinski definition) is 5. The van der Waals surface area contributed by atoms with Crippen molar-refractivity contribution in [1.29, 1.82) is 0 Å². The average molecular weight is 294 g/mol. The largest absolute Gasteiger partial charge is 0.380 e. The lowest BCUT2D eigenvalue weighted by atomic mass is 10.2. The minimum Gasteiger partial charge on any atom is -0.380 e. The van der Waals surface area contributed by atoms with E-state index in [1.807, 2.05) is 24.3 Å². The molecule has 1 aliphatic rings. The van der Waals surface area contributed by atoms with Crippen molar-refractivity contribution in [2.45, 2.75) is 13.0 Å². The van der Waals surface area contributed by atoms with Gasteiger partial charge in [-0.15, -0.1) is 0 Å². The second kappa shape index (κ2) is 6.19. The predicted octanol–water partition coefficient (Wildman–Crippen LogP) is 1.60. The first kappa shape index (κ1) is 13.3. The maximum absolute atomic E-state index is 6.01. The second-order valence-electron chi connectivity index (χ2n) is 4.72. The maximum Gasteiger partial charge on any atom is 0.245 e. The van der Waals surface area contributed by atoms with Crippen molar-refractivity contribution in [3.8, 4) is 0 Å². The van der Waals surface area contributed by atoms with Gasteiger partial charge in [-0.05, 0) is 34.5 Å². The third kappa shape index (κ3) is 3.08. The summed E-state index contributed by atoms with van der Waals surface area (Å²) in [5.41, 5.74) is 1.08. The Bertz CT molecular complexity index is 565. The minimum absolute atomic E-state index is 0.611. The van der Waals surface area contributed by atoms with Crippen molar-refractivity contribution in [2.24, 2.45) is 0 Å². The summed E-state index contributed by atoms with van der Waals surface area (Å²) in [6.07, 6.45) is 0.990. The van der Waals surface area contributed by atoms with E-state index in [-0.39, 0.29) is 0 Å². The van der Waals surface area contributed by atoms with Crippen LogP contribution in [0.4, 0.5) is 5.95 Å². The van der Waals surface area contributed by atoms with Crippen LogP contribution >= 0.6 is 11.6 Å².